The van der Waals surface area contributed by atoms with E-state index in [1.807, 2.05) is 4.57 Å². The number of aromatic nitrogens is 1. The fraction of sp³-hybridized carbons (Fsp3) is 0.353. The van der Waals surface area contributed by atoms with Crippen molar-refractivity contribution in [3.05, 3.63) is 51.8 Å². The molecule has 1 aliphatic heterocycles. The summed E-state index contributed by atoms with van der Waals surface area (Å²) in [6.07, 6.45) is 0.931. The molecule has 0 bridgehead atoms. The second-order valence-electron chi connectivity index (χ2n) is 6.46. The van der Waals surface area contributed by atoms with Crippen LogP contribution < -0.4 is 0 Å². The van der Waals surface area contributed by atoms with Crippen LogP contribution >= 0.6 is 15.9 Å². The van der Waals surface area contributed by atoms with Crippen LogP contribution in [0.1, 0.15) is 42.0 Å². The summed E-state index contributed by atoms with van der Waals surface area (Å²) >= 11 is 3.54. The molecular formula is C17H18BrNO4S. The maximum absolute atomic E-state index is 13.1. The molecule has 0 aliphatic carbocycles. The van der Waals surface area contributed by atoms with Crippen LogP contribution in [0.4, 0.5) is 0 Å². The second kappa shape index (κ2) is 5.82. The molecule has 1 aromatic carbocycles. The van der Waals surface area contributed by atoms with E-state index in [4.69, 9.17) is 0 Å². The van der Waals surface area contributed by atoms with Crippen molar-refractivity contribution in [2.45, 2.75) is 37.1 Å². The van der Waals surface area contributed by atoms with Gasteiger partial charge in [-0.25, -0.2) is 0 Å². The minimum absolute atomic E-state index is 0.0323. The minimum Gasteiger partial charge on any atom is -0.340 e. The summed E-state index contributed by atoms with van der Waals surface area (Å²) in [5.74, 6) is -0.323. The average molecular weight is 412 g/mol. The number of halogens is 1. The molecule has 0 amide bonds. The van der Waals surface area contributed by atoms with E-state index in [9.17, 15) is 13.2 Å². The molecule has 0 fully saturated rings. The molecule has 5 nitrogen and oxygen atoms in total. The van der Waals surface area contributed by atoms with Gasteiger partial charge in [0.25, 0.3) is 10.1 Å². The van der Waals surface area contributed by atoms with Gasteiger partial charge in [0, 0.05) is 27.7 Å². The Morgan fingerprint density at radius 3 is 2.62 bits per heavy atom. The lowest BCUT2D eigenvalue weighted by atomic mass is 9.89. The fourth-order valence-corrected chi connectivity index (χ4v) is 5.06. The van der Waals surface area contributed by atoms with Crippen molar-refractivity contribution in [1.82, 2.24) is 4.57 Å². The zero-order chi connectivity index (χ0) is 17.7. The largest absolute Gasteiger partial charge is 0.340 e. The third-order valence-electron chi connectivity index (χ3n) is 4.50. The molecule has 24 heavy (non-hydrogen) atoms. The number of hydrogen-bond acceptors (Lipinski definition) is 4. The van der Waals surface area contributed by atoms with Crippen molar-refractivity contribution in [3.8, 4) is 0 Å². The van der Waals surface area contributed by atoms with Gasteiger partial charge in [-0.1, -0.05) is 26.0 Å². The normalized spacial score (nSPS) is 16.2. The van der Waals surface area contributed by atoms with Crippen molar-refractivity contribution in [3.63, 3.8) is 0 Å². The number of carbonyl (C=O) groups is 1. The molecule has 7 heteroatoms. The molecule has 0 N–H and O–H groups in total. The lowest BCUT2D eigenvalue weighted by Gasteiger charge is -2.16. The molecule has 1 aliphatic rings. The van der Waals surface area contributed by atoms with Crippen LogP contribution in [0.5, 0.6) is 0 Å². The quantitative estimate of drug-likeness (QED) is 0.570. The summed E-state index contributed by atoms with van der Waals surface area (Å²) in [7, 11) is -2.87. The predicted octanol–water partition coefficient (Wildman–Crippen LogP) is 3.50. The van der Waals surface area contributed by atoms with E-state index in [1.165, 1.54) is 12.1 Å². The summed E-state index contributed by atoms with van der Waals surface area (Å²) in [6, 6.07) is 7.90. The molecule has 1 aromatic heterocycles. The Kier molecular flexibility index (Phi) is 4.22. The van der Waals surface area contributed by atoms with Gasteiger partial charge >= 0.3 is 0 Å². The lowest BCUT2D eigenvalue weighted by Crippen LogP contribution is -2.15. The lowest BCUT2D eigenvalue weighted by molar-refractivity contribution is 0.102. The van der Waals surface area contributed by atoms with Crippen molar-refractivity contribution in [2.24, 2.45) is 0 Å². The van der Waals surface area contributed by atoms with E-state index in [1.54, 1.807) is 18.2 Å². The van der Waals surface area contributed by atoms with E-state index in [0.29, 0.717) is 5.69 Å². The van der Waals surface area contributed by atoms with Gasteiger partial charge in [0.1, 0.15) is 4.90 Å². The first kappa shape index (κ1) is 17.4. The maximum Gasteiger partial charge on any atom is 0.297 e. The Morgan fingerprint density at radius 1 is 1.29 bits per heavy atom. The first-order valence-corrected chi connectivity index (χ1v) is 9.73. The van der Waals surface area contributed by atoms with E-state index < -0.39 is 10.1 Å². The van der Waals surface area contributed by atoms with Crippen LogP contribution in [0.15, 0.2) is 39.7 Å². The van der Waals surface area contributed by atoms with Crippen LogP contribution in [-0.2, 0) is 26.3 Å². The molecule has 0 atom stereocenters. The average Bonchev–Trinajstić information content (AvgIpc) is 3.05. The van der Waals surface area contributed by atoms with E-state index in [2.05, 4.69) is 34.0 Å². The number of ketones is 1. The first-order chi connectivity index (χ1) is 11.2. The van der Waals surface area contributed by atoms with Crippen LogP contribution in [0, 0.1) is 0 Å². The molecule has 2 aromatic rings. The van der Waals surface area contributed by atoms with Crippen molar-refractivity contribution < 1.29 is 17.4 Å². The third-order valence-corrected chi connectivity index (χ3v) is 6.44. The molecule has 0 saturated heterocycles. The van der Waals surface area contributed by atoms with E-state index in [-0.39, 0.29) is 21.7 Å². The van der Waals surface area contributed by atoms with Crippen molar-refractivity contribution >= 4 is 31.8 Å². The van der Waals surface area contributed by atoms with Crippen LogP contribution in [0.2, 0.25) is 0 Å². The second-order valence-corrected chi connectivity index (χ2v) is 8.99. The minimum atomic E-state index is -3.95. The smallest absolute Gasteiger partial charge is 0.297 e. The summed E-state index contributed by atoms with van der Waals surface area (Å²) in [4.78, 5) is 12.9. The summed E-state index contributed by atoms with van der Waals surface area (Å²) in [5, 5.41) is 0. The number of nitrogens with zero attached hydrogens (tertiary/aromatic N) is 1. The monoisotopic (exact) mass is 411 g/mol. The Bertz CT molecular complexity index is 928. The number of benzene rings is 1. The van der Waals surface area contributed by atoms with Crippen molar-refractivity contribution in [2.75, 3.05) is 7.11 Å². The highest BCUT2D eigenvalue weighted by atomic mass is 79.9. The molecular weight excluding hydrogens is 394 g/mol. The van der Waals surface area contributed by atoms with Gasteiger partial charge in [-0.2, -0.15) is 8.42 Å². The van der Waals surface area contributed by atoms with Gasteiger partial charge in [-0.15, -0.1) is 0 Å². The van der Waals surface area contributed by atoms with Gasteiger partial charge < -0.3 is 4.57 Å². The third kappa shape index (κ3) is 2.64. The van der Waals surface area contributed by atoms with Gasteiger partial charge in [0.2, 0.25) is 5.78 Å². The standard InChI is InChI=1S/C17H18BrNO4S/c1-17(2)8-9-19-13(10-12(18)16(17)19)15(20)11-6-4-5-7-14(11)24(21,22)23-3/h4-7,10H,8-9H2,1-3H3. The highest BCUT2D eigenvalue weighted by Crippen LogP contribution is 2.41. The van der Waals surface area contributed by atoms with Crippen molar-refractivity contribution in [1.29, 1.82) is 0 Å². The Balaban J connectivity index is 2.16. The molecule has 2 heterocycles. The van der Waals surface area contributed by atoms with Gasteiger partial charge in [-0.3, -0.25) is 8.98 Å². The van der Waals surface area contributed by atoms with E-state index >= 15 is 0 Å². The molecule has 3 rings (SSSR count). The zero-order valence-corrected chi connectivity index (χ0v) is 16.1. The molecule has 128 valence electrons. The Hall–Kier alpha value is -1.44. The van der Waals surface area contributed by atoms with Crippen LogP contribution in [0.3, 0.4) is 0 Å². The maximum atomic E-state index is 13.1. The first-order valence-electron chi connectivity index (χ1n) is 7.53. The molecule has 0 saturated carbocycles. The van der Waals surface area contributed by atoms with Gasteiger partial charge in [0.15, 0.2) is 0 Å². The van der Waals surface area contributed by atoms with Crippen LogP contribution in [0.25, 0.3) is 0 Å². The SMILES string of the molecule is COS(=O)(=O)c1ccccc1C(=O)c1cc(Br)c2n1CCC2(C)C. The molecule has 0 spiro atoms. The highest BCUT2D eigenvalue weighted by Gasteiger charge is 2.36. The summed E-state index contributed by atoms with van der Waals surface area (Å²) < 4.78 is 31.7. The zero-order valence-electron chi connectivity index (χ0n) is 13.7. The Labute approximate surface area is 149 Å². The van der Waals surface area contributed by atoms with Gasteiger partial charge in [-0.05, 0) is 40.5 Å². The number of fused-ring (bicyclic) bond motifs is 1. The number of carbonyl (C=O) groups excluding carboxylic acids is 1. The van der Waals surface area contributed by atoms with E-state index in [0.717, 1.165) is 30.2 Å². The molecule has 0 unspecified atom stereocenters. The van der Waals surface area contributed by atoms with Crippen LogP contribution in [-0.4, -0.2) is 25.9 Å². The number of rotatable bonds is 4. The molecule has 0 radical (unpaired) electrons. The van der Waals surface area contributed by atoms with Gasteiger partial charge in [0.05, 0.1) is 12.8 Å². The summed E-state index contributed by atoms with van der Waals surface area (Å²) in [5.41, 5.74) is 1.64. The summed E-state index contributed by atoms with van der Waals surface area (Å²) in [6.45, 7) is 5.00. The fourth-order valence-electron chi connectivity index (χ4n) is 3.23. The Morgan fingerprint density at radius 2 is 1.96 bits per heavy atom. The topological polar surface area (TPSA) is 65.4 Å². The number of hydrogen-bond donors (Lipinski definition) is 0. The predicted molar refractivity (Wildman–Crippen MR) is 93.8 cm³/mol. The highest BCUT2D eigenvalue weighted by molar-refractivity contribution is 9.10.